The first-order valence-electron chi connectivity index (χ1n) is 11.0. The zero-order valence-corrected chi connectivity index (χ0v) is 18.8. The first-order valence-corrected chi connectivity index (χ1v) is 11.3. The first-order chi connectivity index (χ1) is 16.1. The molecular weight excluding hydrogens is 440 g/mol. The number of nitrogens with zero attached hydrogens (tertiary/aromatic N) is 2. The summed E-state index contributed by atoms with van der Waals surface area (Å²) in [7, 11) is 0. The summed E-state index contributed by atoms with van der Waals surface area (Å²) in [5.41, 5.74) is 2.08. The van der Waals surface area contributed by atoms with Gasteiger partial charge in [-0.1, -0.05) is 48.9 Å². The summed E-state index contributed by atoms with van der Waals surface area (Å²) in [6.07, 6.45) is -0.0216. The molecule has 5 rings (SSSR count). The van der Waals surface area contributed by atoms with Crippen LogP contribution in [-0.4, -0.2) is 24.5 Å². The number of ether oxygens (including phenoxy) is 1. The maximum atomic E-state index is 13.6. The maximum Gasteiger partial charge on any atom is 0.266 e. The molecule has 0 aliphatic carbocycles. The SMILES string of the molecule is CCCOc1ccc(N2C(=O)[C@@H]3[C@@H](c4cccc(Cl)c4)N(c4ccccc4)O[C@H]3C2=O)cc1. The smallest absolute Gasteiger partial charge is 0.266 e. The summed E-state index contributed by atoms with van der Waals surface area (Å²) in [6, 6.07) is 23.3. The highest BCUT2D eigenvalue weighted by Crippen LogP contribution is 2.47. The number of para-hydroxylation sites is 1. The van der Waals surface area contributed by atoms with Gasteiger partial charge in [-0.15, -0.1) is 0 Å². The van der Waals surface area contributed by atoms with Crippen LogP contribution in [0.15, 0.2) is 78.9 Å². The number of amides is 2. The lowest BCUT2D eigenvalue weighted by Gasteiger charge is -2.28. The van der Waals surface area contributed by atoms with Gasteiger partial charge in [0.15, 0.2) is 6.10 Å². The number of anilines is 2. The molecule has 0 radical (unpaired) electrons. The van der Waals surface area contributed by atoms with Crippen LogP contribution in [0.2, 0.25) is 5.02 Å². The summed E-state index contributed by atoms with van der Waals surface area (Å²) >= 11 is 6.27. The van der Waals surface area contributed by atoms with Gasteiger partial charge in [0, 0.05) is 5.02 Å². The van der Waals surface area contributed by atoms with Crippen LogP contribution < -0.4 is 14.7 Å². The van der Waals surface area contributed by atoms with Gasteiger partial charge in [0.2, 0.25) is 5.91 Å². The number of benzene rings is 3. The van der Waals surface area contributed by atoms with Crippen molar-refractivity contribution in [3.63, 3.8) is 0 Å². The molecule has 3 aromatic carbocycles. The number of imide groups is 1. The van der Waals surface area contributed by atoms with E-state index < -0.39 is 18.1 Å². The van der Waals surface area contributed by atoms with Crippen molar-refractivity contribution < 1.29 is 19.2 Å². The van der Waals surface area contributed by atoms with E-state index in [0.29, 0.717) is 23.1 Å². The normalized spacial score (nSPS) is 22.1. The number of hydroxylamine groups is 1. The van der Waals surface area contributed by atoms with Gasteiger partial charge < -0.3 is 4.74 Å². The molecule has 7 heteroatoms. The molecule has 2 amide bonds. The molecule has 2 aliphatic heterocycles. The highest BCUT2D eigenvalue weighted by Gasteiger charge is 2.60. The third-order valence-electron chi connectivity index (χ3n) is 5.88. The summed E-state index contributed by atoms with van der Waals surface area (Å²) in [5.74, 6) is -0.677. The lowest BCUT2D eigenvalue weighted by atomic mass is 9.90. The summed E-state index contributed by atoms with van der Waals surface area (Å²) in [4.78, 5) is 34.4. The molecular formula is C26H23ClN2O4. The van der Waals surface area contributed by atoms with Gasteiger partial charge in [-0.25, -0.2) is 9.96 Å². The molecule has 0 aromatic heterocycles. The zero-order chi connectivity index (χ0) is 22.9. The lowest BCUT2D eigenvalue weighted by molar-refractivity contribution is -0.126. The van der Waals surface area contributed by atoms with Gasteiger partial charge in [-0.2, -0.15) is 0 Å². The number of hydrogen-bond donors (Lipinski definition) is 0. The van der Waals surface area contributed by atoms with E-state index >= 15 is 0 Å². The maximum absolute atomic E-state index is 13.6. The van der Waals surface area contributed by atoms with Gasteiger partial charge in [-0.05, 0) is 60.5 Å². The molecule has 3 aromatic rings. The molecule has 0 N–H and O–H groups in total. The average molecular weight is 463 g/mol. The van der Waals surface area contributed by atoms with E-state index in [9.17, 15) is 9.59 Å². The van der Waals surface area contributed by atoms with Crippen molar-refractivity contribution in [1.29, 1.82) is 0 Å². The predicted molar refractivity (Wildman–Crippen MR) is 126 cm³/mol. The minimum Gasteiger partial charge on any atom is -0.494 e. The second kappa shape index (κ2) is 8.89. The molecule has 0 saturated carbocycles. The first kappa shape index (κ1) is 21.5. The van der Waals surface area contributed by atoms with Gasteiger partial charge in [0.1, 0.15) is 11.7 Å². The Morgan fingerprint density at radius 1 is 0.909 bits per heavy atom. The van der Waals surface area contributed by atoms with E-state index in [0.717, 1.165) is 17.7 Å². The fraction of sp³-hybridized carbons (Fsp3) is 0.231. The third-order valence-corrected chi connectivity index (χ3v) is 6.12. The Balaban J connectivity index is 1.50. The van der Waals surface area contributed by atoms with Crippen LogP contribution >= 0.6 is 11.6 Å². The molecule has 6 nitrogen and oxygen atoms in total. The fourth-order valence-electron chi connectivity index (χ4n) is 4.41. The van der Waals surface area contributed by atoms with E-state index in [4.69, 9.17) is 21.2 Å². The topological polar surface area (TPSA) is 59.1 Å². The summed E-state index contributed by atoms with van der Waals surface area (Å²) < 4.78 is 5.62. The quantitative estimate of drug-likeness (QED) is 0.472. The van der Waals surface area contributed by atoms with E-state index in [1.54, 1.807) is 35.4 Å². The predicted octanol–water partition coefficient (Wildman–Crippen LogP) is 5.18. The minimum atomic E-state index is -0.919. The van der Waals surface area contributed by atoms with E-state index in [1.165, 1.54) is 4.90 Å². The second-order valence-electron chi connectivity index (χ2n) is 8.07. The zero-order valence-electron chi connectivity index (χ0n) is 18.1. The monoisotopic (exact) mass is 462 g/mol. The van der Waals surface area contributed by atoms with Crippen molar-refractivity contribution in [3.8, 4) is 5.75 Å². The van der Waals surface area contributed by atoms with Gasteiger partial charge >= 0.3 is 0 Å². The molecule has 3 atom stereocenters. The molecule has 168 valence electrons. The highest BCUT2D eigenvalue weighted by molar-refractivity contribution is 6.30. The average Bonchev–Trinajstić information content (AvgIpc) is 3.35. The standard InChI is InChI=1S/C26H23ClN2O4/c1-2-15-32-21-13-11-19(12-14-21)28-25(30)22-23(17-7-6-8-18(27)16-17)29(33-24(22)26(28)31)20-9-4-3-5-10-20/h3-14,16,22-24H,2,15H2,1H3/t22-,23-,24-/m1/s1. The summed E-state index contributed by atoms with van der Waals surface area (Å²) in [5, 5.41) is 2.22. The molecule has 2 heterocycles. The van der Waals surface area contributed by atoms with Crippen LogP contribution in [-0.2, 0) is 14.4 Å². The Bertz CT molecular complexity index is 1170. The van der Waals surface area contributed by atoms with Crippen molar-refractivity contribution in [2.45, 2.75) is 25.5 Å². The van der Waals surface area contributed by atoms with Crippen LogP contribution in [0.3, 0.4) is 0 Å². The molecule has 2 fully saturated rings. The fourth-order valence-corrected chi connectivity index (χ4v) is 4.61. The number of carbonyl (C=O) groups is 2. The molecule has 0 spiro atoms. The van der Waals surface area contributed by atoms with E-state index in [2.05, 4.69) is 0 Å². The van der Waals surface area contributed by atoms with E-state index in [-0.39, 0.29) is 11.8 Å². The van der Waals surface area contributed by atoms with Gasteiger partial charge in [0.25, 0.3) is 5.91 Å². The van der Waals surface area contributed by atoms with Crippen LogP contribution in [0.1, 0.15) is 24.9 Å². The Morgan fingerprint density at radius 2 is 1.67 bits per heavy atom. The van der Waals surface area contributed by atoms with Crippen LogP contribution in [0.25, 0.3) is 0 Å². The lowest BCUT2D eigenvalue weighted by Crippen LogP contribution is -2.37. The molecule has 2 aliphatic rings. The van der Waals surface area contributed by atoms with Crippen molar-refractivity contribution in [2.24, 2.45) is 5.92 Å². The minimum absolute atomic E-state index is 0.296. The van der Waals surface area contributed by atoms with Crippen molar-refractivity contribution in [1.82, 2.24) is 0 Å². The molecule has 0 bridgehead atoms. The number of hydrogen-bond acceptors (Lipinski definition) is 5. The molecule has 2 saturated heterocycles. The third kappa shape index (κ3) is 3.86. The van der Waals surface area contributed by atoms with Crippen molar-refractivity contribution in [2.75, 3.05) is 16.6 Å². The van der Waals surface area contributed by atoms with Gasteiger partial charge in [0.05, 0.1) is 24.0 Å². The van der Waals surface area contributed by atoms with Crippen LogP contribution in [0.4, 0.5) is 11.4 Å². The largest absolute Gasteiger partial charge is 0.494 e. The number of fused-ring (bicyclic) bond motifs is 1. The van der Waals surface area contributed by atoms with Crippen molar-refractivity contribution in [3.05, 3.63) is 89.4 Å². The second-order valence-corrected chi connectivity index (χ2v) is 8.50. The number of rotatable bonds is 6. The van der Waals surface area contributed by atoms with Crippen LogP contribution in [0.5, 0.6) is 5.75 Å². The number of carbonyl (C=O) groups excluding carboxylic acids is 2. The van der Waals surface area contributed by atoms with E-state index in [1.807, 2.05) is 55.5 Å². The Kier molecular flexibility index (Phi) is 5.79. The summed E-state index contributed by atoms with van der Waals surface area (Å²) in [6.45, 7) is 2.64. The Morgan fingerprint density at radius 3 is 2.36 bits per heavy atom. The Labute approximate surface area is 197 Å². The van der Waals surface area contributed by atoms with Crippen LogP contribution in [0, 0.1) is 5.92 Å². The number of halogens is 1. The molecule has 33 heavy (non-hydrogen) atoms. The highest BCUT2D eigenvalue weighted by atomic mass is 35.5. The van der Waals surface area contributed by atoms with Crippen molar-refractivity contribution >= 4 is 34.8 Å². The Hall–Kier alpha value is -3.35. The molecule has 0 unspecified atom stereocenters. The van der Waals surface area contributed by atoms with Gasteiger partial charge in [-0.3, -0.25) is 14.4 Å².